The average molecular weight is 299 g/mol. The molecule has 20 heavy (non-hydrogen) atoms. The van der Waals surface area contributed by atoms with Crippen LogP contribution in [0, 0.1) is 0 Å². The molecule has 1 aromatic rings. The molecule has 1 aliphatic heterocycles. The van der Waals surface area contributed by atoms with Crippen LogP contribution in [0.2, 0.25) is 0 Å². The predicted octanol–water partition coefficient (Wildman–Crippen LogP) is 2.01. The maximum Gasteiger partial charge on any atom is 0.218 e. The molecule has 0 aliphatic carbocycles. The second-order valence-electron chi connectivity index (χ2n) is 5.25. The maximum absolute atomic E-state index is 5.82. The molecule has 1 saturated heterocycles. The van der Waals surface area contributed by atoms with Crippen molar-refractivity contribution in [3.63, 3.8) is 0 Å². The van der Waals surface area contributed by atoms with Crippen LogP contribution in [0.3, 0.4) is 0 Å². The lowest BCUT2D eigenvalue weighted by Gasteiger charge is -2.22. The highest BCUT2D eigenvalue weighted by Gasteiger charge is 2.16. The fourth-order valence-corrected chi connectivity index (χ4v) is 2.59. The summed E-state index contributed by atoms with van der Waals surface area (Å²) in [5.41, 5.74) is 0. The van der Waals surface area contributed by atoms with Gasteiger partial charge in [0.1, 0.15) is 12.1 Å². The van der Waals surface area contributed by atoms with E-state index in [1.807, 2.05) is 19.9 Å². The maximum atomic E-state index is 5.82. The second kappa shape index (κ2) is 7.64. The van der Waals surface area contributed by atoms with Crippen molar-refractivity contribution >= 4 is 17.4 Å². The molecule has 0 atom stereocenters. The van der Waals surface area contributed by atoms with Gasteiger partial charge >= 0.3 is 0 Å². The number of halogens is 1. The zero-order chi connectivity index (χ0) is 14.4. The van der Waals surface area contributed by atoms with Crippen LogP contribution in [0.4, 0.5) is 5.82 Å². The molecule has 0 bridgehead atoms. The van der Waals surface area contributed by atoms with Crippen molar-refractivity contribution in [3.8, 4) is 5.88 Å². The largest absolute Gasteiger partial charge is 0.475 e. The van der Waals surface area contributed by atoms with Crippen LogP contribution in [0.25, 0.3) is 0 Å². The first kappa shape index (κ1) is 15.3. The minimum absolute atomic E-state index is 0.126. The third-order valence-electron chi connectivity index (χ3n) is 3.30. The van der Waals surface area contributed by atoms with Gasteiger partial charge in [0, 0.05) is 38.1 Å². The Labute approximate surface area is 125 Å². The Morgan fingerprint density at radius 1 is 1.25 bits per heavy atom. The van der Waals surface area contributed by atoms with Gasteiger partial charge in [0.05, 0.1) is 6.10 Å². The molecular formula is C14H23ClN4O. The van der Waals surface area contributed by atoms with E-state index in [-0.39, 0.29) is 6.10 Å². The highest BCUT2D eigenvalue weighted by atomic mass is 35.5. The van der Waals surface area contributed by atoms with Crippen LogP contribution in [-0.2, 0) is 0 Å². The predicted molar refractivity (Wildman–Crippen MR) is 81.8 cm³/mol. The van der Waals surface area contributed by atoms with Gasteiger partial charge in [-0.1, -0.05) is 0 Å². The molecule has 0 saturated carbocycles. The highest BCUT2D eigenvalue weighted by Crippen LogP contribution is 2.18. The van der Waals surface area contributed by atoms with E-state index in [1.54, 1.807) is 6.33 Å². The standard InChI is InChI=1S/C14H23ClN4O/c1-12(2)20-14-10-13(16-11-17-14)19-6-3-5-18(7-4-15)8-9-19/h10-12H,3-9H2,1-2H3. The minimum Gasteiger partial charge on any atom is -0.475 e. The van der Waals surface area contributed by atoms with Crippen molar-refractivity contribution in [2.75, 3.05) is 43.5 Å². The van der Waals surface area contributed by atoms with Crippen molar-refractivity contribution in [2.45, 2.75) is 26.4 Å². The van der Waals surface area contributed by atoms with E-state index in [2.05, 4.69) is 19.8 Å². The zero-order valence-corrected chi connectivity index (χ0v) is 13.0. The van der Waals surface area contributed by atoms with E-state index < -0.39 is 0 Å². The number of ether oxygens (including phenoxy) is 1. The number of hydrogen-bond donors (Lipinski definition) is 0. The van der Waals surface area contributed by atoms with Gasteiger partial charge in [-0.3, -0.25) is 0 Å². The van der Waals surface area contributed by atoms with Crippen molar-refractivity contribution in [1.29, 1.82) is 0 Å². The van der Waals surface area contributed by atoms with Crippen molar-refractivity contribution in [2.24, 2.45) is 0 Å². The molecule has 0 amide bonds. The summed E-state index contributed by atoms with van der Waals surface area (Å²) >= 11 is 5.82. The van der Waals surface area contributed by atoms with E-state index in [0.29, 0.717) is 11.8 Å². The summed E-state index contributed by atoms with van der Waals surface area (Å²) in [6.07, 6.45) is 2.83. The summed E-state index contributed by atoms with van der Waals surface area (Å²) in [5.74, 6) is 2.29. The lowest BCUT2D eigenvalue weighted by atomic mass is 10.3. The number of anilines is 1. The number of aromatic nitrogens is 2. The van der Waals surface area contributed by atoms with Crippen LogP contribution in [-0.4, -0.2) is 59.6 Å². The van der Waals surface area contributed by atoms with Gasteiger partial charge in [0.15, 0.2) is 0 Å². The first-order chi connectivity index (χ1) is 9.69. The number of rotatable bonds is 5. The summed E-state index contributed by atoms with van der Waals surface area (Å²) < 4.78 is 5.63. The van der Waals surface area contributed by atoms with E-state index in [1.165, 1.54) is 0 Å². The molecule has 1 aliphatic rings. The molecule has 0 spiro atoms. The first-order valence-electron chi connectivity index (χ1n) is 7.21. The molecule has 0 N–H and O–H groups in total. The molecule has 2 rings (SSSR count). The SMILES string of the molecule is CC(C)Oc1cc(N2CCCN(CCCl)CC2)ncn1. The van der Waals surface area contributed by atoms with E-state index in [0.717, 1.165) is 45.0 Å². The summed E-state index contributed by atoms with van der Waals surface area (Å²) in [6, 6.07) is 1.93. The Morgan fingerprint density at radius 3 is 2.85 bits per heavy atom. The Bertz CT molecular complexity index is 416. The lowest BCUT2D eigenvalue weighted by molar-refractivity contribution is 0.232. The fraction of sp³-hybridized carbons (Fsp3) is 0.714. The normalized spacial score (nSPS) is 17.3. The lowest BCUT2D eigenvalue weighted by Crippen LogP contribution is -2.32. The van der Waals surface area contributed by atoms with Crippen molar-refractivity contribution in [1.82, 2.24) is 14.9 Å². The van der Waals surface area contributed by atoms with E-state index in [4.69, 9.17) is 16.3 Å². The van der Waals surface area contributed by atoms with E-state index in [9.17, 15) is 0 Å². The third-order valence-corrected chi connectivity index (χ3v) is 3.47. The number of alkyl halides is 1. The van der Waals surface area contributed by atoms with Crippen molar-refractivity contribution < 1.29 is 4.74 Å². The smallest absolute Gasteiger partial charge is 0.218 e. The molecule has 2 heterocycles. The average Bonchev–Trinajstić information content (AvgIpc) is 2.64. The highest BCUT2D eigenvalue weighted by molar-refractivity contribution is 6.18. The Balaban J connectivity index is 2.00. The third kappa shape index (κ3) is 4.49. The van der Waals surface area contributed by atoms with Crippen LogP contribution in [0.5, 0.6) is 5.88 Å². The summed E-state index contributed by atoms with van der Waals surface area (Å²) in [4.78, 5) is 13.2. The van der Waals surface area contributed by atoms with Gasteiger partial charge in [-0.05, 0) is 26.8 Å². The van der Waals surface area contributed by atoms with Gasteiger partial charge in [0.2, 0.25) is 5.88 Å². The van der Waals surface area contributed by atoms with Gasteiger partial charge in [-0.25, -0.2) is 9.97 Å². The topological polar surface area (TPSA) is 41.5 Å². The number of hydrogen-bond acceptors (Lipinski definition) is 5. The molecule has 1 fully saturated rings. The van der Waals surface area contributed by atoms with E-state index >= 15 is 0 Å². The van der Waals surface area contributed by atoms with Gasteiger partial charge < -0.3 is 14.5 Å². The molecule has 1 aromatic heterocycles. The quantitative estimate of drug-likeness (QED) is 0.778. The molecule has 112 valence electrons. The fourth-order valence-electron chi connectivity index (χ4n) is 2.35. The first-order valence-corrected chi connectivity index (χ1v) is 7.74. The van der Waals surface area contributed by atoms with Gasteiger partial charge in [-0.15, -0.1) is 11.6 Å². The van der Waals surface area contributed by atoms with Gasteiger partial charge in [0.25, 0.3) is 0 Å². The van der Waals surface area contributed by atoms with Crippen LogP contribution >= 0.6 is 11.6 Å². The molecular weight excluding hydrogens is 276 g/mol. The summed E-state index contributed by atoms with van der Waals surface area (Å²) in [7, 11) is 0. The van der Waals surface area contributed by atoms with Crippen molar-refractivity contribution in [3.05, 3.63) is 12.4 Å². The molecule has 0 radical (unpaired) electrons. The summed E-state index contributed by atoms with van der Waals surface area (Å²) in [6.45, 7) is 9.06. The monoisotopic (exact) mass is 298 g/mol. The zero-order valence-electron chi connectivity index (χ0n) is 12.3. The molecule has 6 heteroatoms. The molecule has 0 unspecified atom stereocenters. The Kier molecular flexibility index (Phi) is 5.86. The number of nitrogens with zero attached hydrogens (tertiary/aromatic N) is 4. The molecule has 0 aromatic carbocycles. The minimum atomic E-state index is 0.126. The Morgan fingerprint density at radius 2 is 2.10 bits per heavy atom. The van der Waals surface area contributed by atoms with Crippen LogP contribution < -0.4 is 9.64 Å². The Hall–Kier alpha value is -1.07. The van der Waals surface area contributed by atoms with Gasteiger partial charge in [-0.2, -0.15) is 0 Å². The summed E-state index contributed by atoms with van der Waals surface area (Å²) in [5, 5.41) is 0. The molecule has 5 nitrogen and oxygen atoms in total. The second-order valence-corrected chi connectivity index (χ2v) is 5.63. The van der Waals surface area contributed by atoms with Crippen LogP contribution in [0.15, 0.2) is 12.4 Å². The van der Waals surface area contributed by atoms with Crippen LogP contribution in [0.1, 0.15) is 20.3 Å².